The van der Waals surface area contributed by atoms with Crippen LogP contribution in [0.3, 0.4) is 0 Å². The average molecular weight is 285 g/mol. The fourth-order valence-corrected chi connectivity index (χ4v) is 1.71. The summed E-state index contributed by atoms with van der Waals surface area (Å²) in [5.41, 5.74) is 0.614. The van der Waals surface area contributed by atoms with Crippen LogP contribution in [-0.2, 0) is 6.54 Å². The van der Waals surface area contributed by atoms with Gasteiger partial charge in [0.2, 0.25) is 11.7 Å². The Balaban J connectivity index is 2.24. The Kier molecular flexibility index (Phi) is 4.26. The lowest BCUT2D eigenvalue weighted by atomic mass is 10.2. The minimum atomic E-state index is -0.587. The highest BCUT2D eigenvalue weighted by atomic mass is 16.6. The van der Waals surface area contributed by atoms with E-state index in [1.165, 1.54) is 19.4 Å². The van der Waals surface area contributed by atoms with E-state index >= 15 is 0 Å². The predicted molar refractivity (Wildman–Crippen MR) is 73.7 cm³/mol. The monoisotopic (exact) mass is 285 g/mol. The number of nitrogens with zero attached hydrogens (tertiary/aromatic N) is 4. The van der Waals surface area contributed by atoms with E-state index in [-0.39, 0.29) is 23.6 Å². The van der Waals surface area contributed by atoms with Crippen LogP contribution in [-0.4, -0.2) is 22.0 Å². The van der Waals surface area contributed by atoms with Crippen molar-refractivity contribution in [1.82, 2.24) is 9.97 Å². The molecule has 0 fully saturated rings. The molecule has 0 amide bonds. The van der Waals surface area contributed by atoms with Crippen LogP contribution in [0.15, 0.2) is 30.6 Å². The minimum absolute atomic E-state index is 0.0879. The normalized spacial score (nSPS) is 9.71. The summed E-state index contributed by atoms with van der Waals surface area (Å²) in [6, 6.07) is 6.52. The number of hydrogen-bond donors (Lipinski definition) is 1. The number of aromatic nitrogens is 2. The Hall–Kier alpha value is -3.21. The van der Waals surface area contributed by atoms with Gasteiger partial charge in [-0.15, -0.1) is 0 Å². The van der Waals surface area contributed by atoms with Crippen molar-refractivity contribution in [2.24, 2.45) is 0 Å². The van der Waals surface area contributed by atoms with E-state index < -0.39 is 4.92 Å². The van der Waals surface area contributed by atoms with Crippen molar-refractivity contribution in [3.8, 4) is 11.9 Å². The molecule has 106 valence electrons. The molecule has 0 spiro atoms. The first-order chi connectivity index (χ1) is 10.2. The van der Waals surface area contributed by atoms with Crippen LogP contribution in [0.4, 0.5) is 11.5 Å². The Labute approximate surface area is 120 Å². The number of anilines is 1. The number of nitrogens with one attached hydrogen (secondary N) is 1. The Morgan fingerprint density at radius 3 is 3.00 bits per heavy atom. The molecule has 0 atom stereocenters. The molecule has 0 aliphatic carbocycles. The van der Waals surface area contributed by atoms with Gasteiger partial charge < -0.3 is 10.1 Å². The summed E-state index contributed by atoms with van der Waals surface area (Å²) in [4.78, 5) is 18.4. The molecule has 1 N–H and O–H groups in total. The van der Waals surface area contributed by atoms with Gasteiger partial charge in [0.05, 0.1) is 17.6 Å². The molecule has 21 heavy (non-hydrogen) atoms. The van der Waals surface area contributed by atoms with Gasteiger partial charge in [-0.1, -0.05) is 6.07 Å². The van der Waals surface area contributed by atoms with Gasteiger partial charge in [-0.05, 0) is 6.07 Å². The second-order valence-electron chi connectivity index (χ2n) is 3.99. The number of nitriles is 1. The highest BCUT2D eigenvalue weighted by molar-refractivity contribution is 5.58. The molecule has 2 heterocycles. The highest BCUT2D eigenvalue weighted by Crippen LogP contribution is 2.24. The highest BCUT2D eigenvalue weighted by Gasteiger charge is 2.16. The van der Waals surface area contributed by atoms with Crippen molar-refractivity contribution in [1.29, 1.82) is 5.26 Å². The maximum absolute atomic E-state index is 11.0. The maximum Gasteiger partial charge on any atom is 0.312 e. The summed E-state index contributed by atoms with van der Waals surface area (Å²) >= 11 is 0. The molecule has 8 heteroatoms. The van der Waals surface area contributed by atoms with E-state index in [4.69, 9.17) is 10.00 Å². The third kappa shape index (κ3) is 3.22. The topological polar surface area (TPSA) is 114 Å². The van der Waals surface area contributed by atoms with Gasteiger partial charge in [0.1, 0.15) is 6.07 Å². The van der Waals surface area contributed by atoms with E-state index in [0.29, 0.717) is 5.88 Å². The van der Waals surface area contributed by atoms with Gasteiger partial charge >= 0.3 is 5.69 Å². The molecule has 2 aromatic rings. The van der Waals surface area contributed by atoms with Gasteiger partial charge in [0.15, 0.2) is 0 Å². The fraction of sp³-hybridized carbons (Fsp3) is 0.154. The SMILES string of the molecule is COc1ncccc1CNc1ncc(C#N)cc1[N+](=O)[O-]. The summed E-state index contributed by atoms with van der Waals surface area (Å²) in [5, 5.41) is 22.6. The molecule has 8 nitrogen and oxygen atoms in total. The number of pyridine rings is 2. The zero-order chi connectivity index (χ0) is 15.2. The third-order valence-corrected chi connectivity index (χ3v) is 2.68. The number of nitro groups is 1. The van der Waals surface area contributed by atoms with Gasteiger partial charge in [-0.3, -0.25) is 10.1 Å². The summed E-state index contributed by atoms with van der Waals surface area (Å²) in [6.07, 6.45) is 2.86. The molecular weight excluding hydrogens is 274 g/mol. The van der Waals surface area contributed by atoms with Crippen LogP contribution in [0.1, 0.15) is 11.1 Å². The number of methoxy groups -OCH3 is 1. The van der Waals surface area contributed by atoms with Crippen LogP contribution in [0.2, 0.25) is 0 Å². The fourth-order valence-electron chi connectivity index (χ4n) is 1.71. The van der Waals surface area contributed by atoms with Crippen molar-refractivity contribution < 1.29 is 9.66 Å². The van der Waals surface area contributed by atoms with Crippen LogP contribution >= 0.6 is 0 Å². The predicted octanol–water partition coefficient (Wildman–Crippen LogP) is 1.88. The smallest absolute Gasteiger partial charge is 0.312 e. The van der Waals surface area contributed by atoms with E-state index in [1.807, 2.05) is 6.07 Å². The first kappa shape index (κ1) is 14.2. The van der Waals surface area contributed by atoms with Crippen LogP contribution < -0.4 is 10.1 Å². The standard InChI is InChI=1S/C13H11N5O3/c1-21-13-10(3-2-4-15-13)8-17-12-11(18(19)20)5-9(6-14)7-16-12/h2-5,7H,8H2,1H3,(H,16,17). The summed E-state index contributed by atoms with van der Waals surface area (Å²) in [7, 11) is 1.49. The second-order valence-corrected chi connectivity index (χ2v) is 3.99. The lowest BCUT2D eigenvalue weighted by Crippen LogP contribution is -2.06. The maximum atomic E-state index is 11.0. The minimum Gasteiger partial charge on any atom is -0.481 e. The molecule has 0 unspecified atom stereocenters. The van der Waals surface area contributed by atoms with E-state index in [0.717, 1.165) is 5.56 Å². The average Bonchev–Trinajstić information content (AvgIpc) is 2.52. The van der Waals surface area contributed by atoms with E-state index in [1.54, 1.807) is 18.3 Å². The Morgan fingerprint density at radius 1 is 1.52 bits per heavy atom. The molecule has 0 aromatic carbocycles. The van der Waals surface area contributed by atoms with Crippen LogP contribution in [0, 0.1) is 21.4 Å². The molecule has 2 rings (SSSR count). The van der Waals surface area contributed by atoms with Crippen LogP contribution in [0.25, 0.3) is 0 Å². The van der Waals surface area contributed by atoms with Crippen molar-refractivity contribution in [3.63, 3.8) is 0 Å². The zero-order valence-electron chi connectivity index (χ0n) is 11.1. The van der Waals surface area contributed by atoms with Crippen LogP contribution in [0.5, 0.6) is 5.88 Å². The molecular formula is C13H11N5O3. The largest absolute Gasteiger partial charge is 0.481 e. The lowest BCUT2D eigenvalue weighted by molar-refractivity contribution is -0.384. The van der Waals surface area contributed by atoms with Gasteiger partial charge in [0, 0.05) is 30.6 Å². The molecule has 0 radical (unpaired) electrons. The summed E-state index contributed by atoms with van der Waals surface area (Å²) in [5.74, 6) is 0.520. The lowest BCUT2D eigenvalue weighted by Gasteiger charge is -2.09. The van der Waals surface area contributed by atoms with Crippen molar-refractivity contribution in [2.45, 2.75) is 6.54 Å². The van der Waals surface area contributed by atoms with Gasteiger partial charge in [-0.25, -0.2) is 9.97 Å². The van der Waals surface area contributed by atoms with E-state index in [2.05, 4.69) is 15.3 Å². The first-order valence-corrected chi connectivity index (χ1v) is 5.92. The Morgan fingerprint density at radius 2 is 2.33 bits per heavy atom. The summed E-state index contributed by atoms with van der Waals surface area (Å²) in [6.45, 7) is 0.261. The molecule has 0 aliphatic rings. The zero-order valence-corrected chi connectivity index (χ0v) is 11.1. The second kappa shape index (κ2) is 6.29. The summed E-state index contributed by atoms with van der Waals surface area (Å²) < 4.78 is 5.10. The quantitative estimate of drug-likeness (QED) is 0.658. The van der Waals surface area contributed by atoms with Crippen molar-refractivity contribution in [3.05, 3.63) is 51.8 Å². The molecule has 0 saturated heterocycles. The van der Waals surface area contributed by atoms with Gasteiger partial charge in [0.25, 0.3) is 0 Å². The number of ether oxygens (including phenoxy) is 1. The van der Waals surface area contributed by atoms with Gasteiger partial charge in [-0.2, -0.15) is 5.26 Å². The first-order valence-electron chi connectivity index (χ1n) is 5.92. The van der Waals surface area contributed by atoms with E-state index in [9.17, 15) is 10.1 Å². The molecule has 0 aliphatic heterocycles. The number of hydrogen-bond acceptors (Lipinski definition) is 7. The van der Waals surface area contributed by atoms with Crippen molar-refractivity contribution in [2.75, 3.05) is 12.4 Å². The van der Waals surface area contributed by atoms with Crippen molar-refractivity contribution >= 4 is 11.5 Å². The molecule has 0 bridgehead atoms. The Bertz CT molecular complexity index is 711. The molecule has 2 aromatic heterocycles. The molecule has 0 saturated carbocycles. The third-order valence-electron chi connectivity index (χ3n) is 2.68. The number of rotatable bonds is 5.